The molecule has 8 heteroatoms. The van der Waals surface area contributed by atoms with Crippen LogP contribution < -0.4 is 10.6 Å². The zero-order valence-corrected chi connectivity index (χ0v) is 27.8. The summed E-state index contributed by atoms with van der Waals surface area (Å²) in [4.78, 5) is -0.0666. The Morgan fingerprint density at radius 2 is 0.949 bits per heavy atom. The lowest BCUT2D eigenvalue weighted by Crippen LogP contribution is -2.19. The van der Waals surface area contributed by atoms with Crippen molar-refractivity contribution in [3.63, 3.8) is 0 Å². The second-order valence-electron chi connectivity index (χ2n) is 10.4. The molecule has 3 N–H and O–H groups in total. The summed E-state index contributed by atoms with van der Waals surface area (Å²) in [6, 6.07) is 5.99. The van der Waals surface area contributed by atoms with Crippen LogP contribution in [0.2, 0.25) is 0 Å². The molecule has 1 aromatic carbocycles. The molecular weight excluding hydrogens is 545 g/mol. The lowest BCUT2D eigenvalue weighted by molar-refractivity contribution is 0.483. The van der Waals surface area contributed by atoms with E-state index >= 15 is 0 Å². The van der Waals surface area contributed by atoms with Gasteiger partial charge in [0.1, 0.15) is 0 Å². The highest BCUT2D eigenvalue weighted by atomic mass is 33.1. The Morgan fingerprint density at radius 1 is 0.590 bits per heavy atom. The summed E-state index contributed by atoms with van der Waals surface area (Å²) in [6.07, 6.45) is 22.6. The first-order chi connectivity index (χ1) is 18.9. The Kier molecular flexibility index (Phi) is 29.1. The highest BCUT2D eigenvalue weighted by Crippen LogP contribution is 2.19. The van der Waals surface area contributed by atoms with Crippen molar-refractivity contribution in [3.05, 3.63) is 29.8 Å². The summed E-state index contributed by atoms with van der Waals surface area (Å²) in [5.41, 5.74) is 0.956. The Bertz CT molecular complexity index is 705. The van der Waals surface area contributed by atoms with Crippen LogP contribution in [0.3, 0.4) is 0 Å². The molecule has 1 aromatic rings. The third kappa shape index (κ3) is 29.1. The van der Waals surface area contributed by atoms with E-state index in [2.05, 4.69) is 24.5 Å². The largest absolute Gasteiger partial charge is 0.316 e. The predicted octanol–water partition coefficient (Wildman–Crippen LogP) is 9.07. The summed E-state index contributed by atoms with van der Waals surface area (Å²) >= 11 is 0. The highest BCUT2D eigenvalue weighted by molar-refractivity contribution is 8.76. The minimum absolute atomic E-state index is 0.0666. The first-order valence-electron chi connectivity index (χ1n) is 15.6. The van der Waals surface area contributed by atoms with E-state index in [9.17, 15) is 8.42 Å². The van der Waals surface area contributed by atoms with Gasteiger partial charge in [0.15, 0.2) is 0 Å². The third-order valence-corrected chi connectivity index (χ3v) is 9.82. The molecule has 5 nitrogen and oxygen atoms in total. The van der Waals surface area contributed by atoms with Crippen molar-refractivity contribution in [1.29, 1.82) is 0 Å². The van der Waals surface area contributed by atoms with Crippen molar-refractivity contribution < 1.29 is 13.0 Å². The molecule has 1 rings (SSSR count). The molecule has 0 amide bonds. The fourth-order valence-electron chi connectivity index (χ4n) is 4.07. The van der Waals surface area contributed by atoms with Gasteiger partial charge in [0.05, 0.1) is 4.90 Å². The Hall–Kier alpha value is -0.250. The maximum Gasteiger partial charge on any atom is 0.294 e. The summed E-state index contributed by atoms with van der Waals surface area (Å²) in [5, 5.41) is 7.19. The van der Waals surface area contributed by atoms with Gasteiger partial charge in [-0.25, -0.2) is 0 Å². The van der Waals surface area contributed by atoms with E-state index in [1.165, 1.54) is 153 Å². The second kappa shape index (κ2) is 29.2. The van der Waals surface area contributed by atoms with Crippen LogP contribution in [0.15, 0.2) is 29.2 Å². The van der Waals surface area contributed by atoms with Gasteiger partial charge in [0, 0.05) is 24.6 Å². The molecule has 0 unspecified atom stereocenters. The minimum atomic E-state index is -4.02. The lowest BCUT2D eigenvalue weighted by Gasteiger charge is -2.06. The van der Waals surface area contributed by atoms with Crippen LogP contribution in [-0.4, -0.2) is 50.7 Å². The summed E-state index contributed by atoms with van der Waals surface area (Å²) in [5.74, 6) is 2.47. The number of hydrogen-bond acceptors (Lipinski definition) is 6. The number of nitrogens with one attached hydrogen (secondary N) is 2. The van der Waals surface area contributed by atoms with Gasteiger partial charge in [-0.15, -0.1) is 0 Å². The van der Waals surface area contributed by atoms with Gasteiger partial charge >= 0.3 is 0 Å². The maximum atomic E-state index is 10.5. The van der Waals surface area contributed by atoms with Gasteiger partial charge in [0.2, 0.25) is 0 Å². The molecule has 0 fully saturated rings. The molecule has 0 bridgehead atoms. The summed E-state index contributed by atoms with van der Waals surface area (Å²) < 4.78 is 29.6. The van der Waals surface area contributed by atoms with Gasteiger partial charge in [-0.2, -0.15) is 8.42 Å². The molecule has 0 aliphatic rings. The molecule has 0 aliphatic carbocycles. The molecule has 0 heterocycles. The molecule has 0 saturated carbocycles. The zero-order chi connectivity index (χ0) is 28.9. The predicted molar refractivity (Wildman–Crippen MR) is 177 cm³/mol. The van der Waals surface area contributed by atoms with E-state index in [1.54, 1.807) is 12.1 Å². The number of rotatable bonds is 26. The van der Waals surface area contributed by atoms with Crippen molar-refractivity contribution in [2.24, 2.45) is 0 Å². The standard InChI is InChI=1S/C24H52N2S2.C7H8O3S/c1-3-5-7-9-11-13-15-17-19-25-21-23-27-28-24-22-26-20-18-16-14-12-10-8-6-4-2;1-6-2-4-7(5-3-6)11(8,9)10/h25-26H,3-24H2,1-2H3;2-5H,1H3,(H,8,9,10). The molecule has 0 saturated heterocycles. The average Bonchev–Trinajstić information content (AvgIpc) is 2.91. The van der Waals surface area contributed by atoms with E-state index in [-0.39, 0.29) is 4.90 Å². The normalized spacial score (nSPS) is 11.4. The SMILES string of the molecule is CCCCCCCCCCNCCSSCCNCCCCCCCCCC.Cc1ccc(S(=O)(=O)O)cc1. The van der Waals surface area contributed by atoms with Crippen molar-refractivity contribution >= 4 is 31.7 Å². The maximum absolute atomic E-state index is 10.5. The van der Waals surface area contributed by atoms with Crippen molar-refractivity contribution in [3.8, 4) is 0 Å². The fourth-order valence-corrected chi connectivity index (χ4v) is 6.45. The third-order valence-electron chi connectivity index (χ3n) is 6.54. The van der Waals surface area contributed by atoms with Gasteiger partial charge in [-0.3, -0.25) is 4.55 Å². The number of benzene rings is 1. The quantitative estimate of drug-likeness (QED) is 0.0553. The highest BCUT2D eigenvalue weighted by Gasteiger charge is 2.06. The number of hydrogen-bond donors (Lipinski definition) is 3. The summed E-state index contributed by atoms with van der Waals surface area (Å²) in [6.45, 7) is 11.2. The first-order valence-corrected chi connectivity index (χ1v) is 19.5. The Balaban J connectivity index is 0.00000108. The van der Waals surface area contributed by atoms with Gasteiger partial charge < -0.3 is 10.6 Å². The van der Waals surface area contributed by atoms with E-state index in [1.807, 2.05) is 28.5 Å². The van der Waals surface area contributed by atoms with Crippen molar-refractivity contribution in [2.75, 3.05) is 37.7 Å². The van der Waals surface area contributed by atoms with Gasteiger partial charge in [-0.05, 0) is 45.0 Å². The number of unbranched alkanes of at least 4 members (excludes halogenated alkanes) is 14. The molecule has 39 heavy (non-hydrogen) atoms. The number of aryl methyl sites for hydroxylation is 1. The van der Waals surface area contributed by atoms with Crippen LogP contribution in [-0.2, 0) is 10.1 Å². The van der Waals surface area contributed by atoms with Crippen LogP contribution in [0.5, 0.6) is 0 Å². The van der Waals surface area contributed by atoms with Crippen LogP contribution in [0.25, 0.3) is 0 Å². The lowest BCUT2D eigenvalue weighted by atomic mass is 10.1. The molecule has 230 valence electrons. The van der Waals surface area contributed by atoms with Gasteiger partial charge in [-0.1, -0.05) is 143 Å². The Labute approximate surface area is 250 Å². The van der Waals surface area contributed by atoms with Crippen LogP contribution in [0.1, 0.15) is 122 Å². The zero-order valence-electron chi connectivity index (χ0n) is 25.4. The molecule has 0 aromatic heterocycles. The first kappa shape index (κ1) is 38.8. The molecule has 0 atom stereocenters. The van der Waals surface area contributed by atoms with E-state index < -0.39 is 10.1 Å². The minimum Gasteiger partial charge on any atom is -0.316 e. The van der Waals surface area contributed by atoms with E-state index in [0.717, 1.165) is 5.56 Å². The molecule has 0 aliphatic heterocycles. The summed E-state index contributed by atoms with van der Waals surface area (Å²) in [7, 11) is 0.0368. The van der Waals surface area contributed by atoms with Crippen LogP contribution >= 0.6 is 21.6 Å². The van der Waals surface area contributed by atoms with Crippen LogP contribution in [0, 0.1) is 6.92 Å². The Morgan fingerprint density at radius 3 is 1.31 bits per heavy atom. The van der Waals surface area contributed by atoms with E-state index in [0.29, 0.717) is 0 Å². The van der Waals surface area contributed by atoms with Gasteiger partial charge in [0.25, 0.3) is 10.1 Å². The fraction of sp³-hybridized carbons (Fsp3) is 0.806. The van der Waals surface area contributed by atoms with Crippen molar-refractivity contribution in [1.82, 2.24) is 10.6 Å². The smallest absolute Gasteiger partial charge is 0.294 e. The second-order valence-corrected chi connectivity index (χ2v) is 14.5. The molecule has 0 radical (unpaired) electrons. The van der Waals surface area contributed by atoms with Crippen molar-refractivity contribution in [2.45, 2.75) is 128 Å². The van der Waals surface area contributed by atoms with Crippen LogP contribution in [0.4, 0.5) is 0 Å². The topological polar surface area (TPSA) is 78.4 Å². The molecular formula is C31H60N2O3S3. The average molecular weight is 605 g/mol. The van der Waals surface area contributed by atoms with E-state index in [4.69, 9.17) is 4.55 Å². The monoisotopic (exact) mass is 604 g/mol. The molecule has 0 spiro atoms.